The van der Waals surface area contributed by atoms with E-state index in [0.717, 1.165) is 9.13 Å². The number of aryl methyl sites for hydroxylation is 1. The van der Waals surface area contributed by atoms with Crippen LogP contribution in [0.1, 0.15) is 21.5 Å². The summed E-state index contributed by atoms with van der Waals surface area (Å²) in [5.74, 6) is 0. The van der Waals surface area contributed by atoms with Crippen LogP contribution in [0.2, 0.25) is 0 Å². The Labute approximate surface area is 94.6 Å². The van der Waals surface area contributed by atoms with E-state index in [1.54, 1.807) is 19.1 Å². The van der Waals surface area contributed by atoms with Gasteiger partial charge in [-0.05, 0) is 58.8 Å². The van der Waals surface area contributed by atoms with Crippen LogP contribution in [-0.2, 0) is 0 Å². The molecule has 1 aromatic carbocycles. The Morgan fingerprint density at radius 2 is 2.23 bits per heavy atom. The van der Waals surface area contributed by atoms with Crippen LogP contribution >= 0.6 is 34.2 Å². The number of carbonyl (C=O) groups excluding carboxylic acids is 1. The van der Waals surface area contributed by atoms with Gasteiger partial charge in [-0.15, -0.1) is 0 Å². The Morgan fingerprint density at radius 1 is 1.62 bits per heavy atom. The summed E-state index contributed by atoms with van der Waals surface area (Å²) in [7, 11) is 0. The second kappa shape index (κ2) is 4.07. The molecular formula is C9H5ClINO. The molecule has 13 heavy (non-hydrogen) atoms. The number of nitrogens with zero attached hydrogens (tertiary/aromatic N) is 1. The summed E-state index contributed by atoms with van der Waals surface area (Å²) in [6.07, 6.45) is 0. The monoisotopic (exact) mass is 305 g/mol. The van der Waals surface area contributed by atoms with E-state index in [-0.39, 0.29) is 0 Å². The first-order valence-corrected chi connectivity index (χ1v) is 4.92. The topological polar surface area (TPSA) is 40.9 Å². The van der Waals surface area contributed by atoms with Crippen molar-refractivity contribution in [1.29, 1.82) is 5.26 Å². The molecule has 0 saturated heterocycles. The molecule has 0 amide bonds. The highest BCUT2D eigenvalue weighted by atomic mass is 127. The number of benzene rings is 1. The first-order chi connectivity index (χ1) is 6.06. The van der Waals surface area contributed by atoms with Gasteiger partial charge in [-0.3, -0.25) is 4.79 Å². The standard InChI is InChI=1S/C9H5ClINO/c1-5-2-6(9(10)13)3-8(11)7(5)4-12/h2-3H,1H3. The lowest BCUT2D eigenvalue weighted by molar-refractivity contribution is 0.108. The van der Waals surface area contributed by atoms with E-state index < -0.39 is 5.24 Å². The van der Waals surface area contributed by atoms with Crippen LogP contribution in [0, 0.1) is 21.8 Å². The number of halogens is 2. The van der Waals surface area contributed by atoms with Gasteiger partial charge in [0.2, 0.25) is 0 Å². The predicted octanol–water partition coefficient (Wildman–Crippen LogP) is 2.85. The predicted molar refractivity (Wildman–Crippen MR) is 58.8 cm³/mol. The molecule has 0 aliphatic carbocycles. The first-order valence-electron chi connectivity index (χ1n) is 3.46. The third-order valence-electron chi connectivity index (χ3n) is 1.63. The van der Waals surface area contributed by atoms with Gasteiger partial charge in [-0.2, -0.15) is 5.26 Å². The number of hydrogen-bond acceptors (Lipinski definition) is 2. The number of nitriles is 1. The molecule has 0 bridgehead atoms. The highest BCUT2D eigenvalue weighted by Crippen LogP contribution is 2.19. The molecule has 0 radical (unpaired) electrons. The van der Waals surface area contributed by atoms with E-state index in [4.69, 9.17) is 16.9 Å². The number of rotatable bonds is 1. The van der Waals surface area contributed by atoms with Crippen molar-refractivity contribution in [2.24, 2.45) is 0 Å². The lowest BCUT2D eigenvalue weighted by Crippen LogP contribution is -1.95. The van der Waals surface area contributed by atoms with E-state index in [1.807, 2.05) is 22.6 Å². The third kappa shape index (κ3) is 2.20. The maximum Gasteiger partial charge on any atom is 0.252 e. The van der Waals surface area contributed by atoms with Gasteiger partial charge < -0.3 is 0 Å². The molecule has 2 nitrogen and oxygen atoms in total. The molecule has 1 aromatic rings. The number of carbonyl (C=O) groups is 1. The summed E-state index contributed by atoms with van der Waals surface area (Å²) in [5, 5.41) is 8.26. The molecule has 0 atom stereocenters. The zero-order valence-corrected chi connectivity index (χ0v) is 9.68. The van der Waals surface area contributed by atoms with Gasteiger partial charge in [0.1, 0.15) is 6.07 Å². The van der Waals surface area contributed by atoms with Crippen LogP contribution in [0.25, 0.3) is 0 Å². The van der Waals surface area contributed by atoms with Crippen LogP contribution < -0.4 is 0 Å². The Hall–Kier alpha value is -0.600. The molecule has 0 spiro atoms. The fourth-order valence-corrected chi connectivity index (χ4v) is 1.99. The van der Waals surface area contributed by atoms with Crippen molar-refractivity contribution in [2.45, 2.75) is 6.92 Å². The largest absolute Gasteiger partial charge is 0.276 e. The highest BCUT2D eigenvalue weighted by Gasteiger charge is 2.08. The summed E-state index contributed by atoms with van der Waals surface area (Å²) in [6, 6.07) is 5.30. The average molecular weight is 306 g/mol. The van der Waals surface area contributed by atoms with Crippen LogP contribution in [0.3, 0.4) is 0 Å². The summed E-state index contributed by atoms with van der Waals surface area (Å²) in [4.78, 5) is 10.8. The van der Waals surface area contributed by atoms with Gasteiger partial charge in [0, 0.05) is 9.13 Å². The van der Waals surface area contributed by atoms with E-state index in [2.05, 4.69) is 6.07 Å². The van der Waals surface area contributed by atoms with Crippen molar-refractivity contribution in [3.8, 4) is 6.07 Å². The molecule has 0 heterocycles. The second-order valence-electron chi connectivity index (χ2n) is 2.54. The molecule has 0 unspecified atom stereocenters. The zero-order chi connectivity index (χ0) is 10.0. The van der Waals surface area contributed by atoms with E-state index in [0.29, 0.717) is 11.1 Å². The van der Waals surface area contributed by atoms with Gasteiger partial charge in [-0.25, -0.2) is 0 Å². The Balaban J connectivity index is 3.39. The fraction of sp³-hybridized carbons (Fsp3) is 0.111. The normalized spacial score (nSPS) is 9.38. The average Bonchev–Trinajstić information content (AvgIpc) is 2.03. The molecule has 0 aliphatic heterocycles. The highest BCUT2D eigenvalue weighted by molar-refractivity contribution is 14.1. The Morgan fingerprint density at radius 3 is 2.62 bits per heavy atom. The van der Waals surface area contributed by atoms with E-state index in [1.165, 1.54) is 0 Å². The minimum absolute atomic E-state index is 0.433. The molecule has 0 fully saturated rings. The first kappa shape index (κ1) is 10.5. The number of hydrogen-bond donors (Lipinski definition) is 0. The summed E-state index contributed by atoms with van der Waals surface area (Å²) in [5.41, 5.74) is 1.81. The van der Waals surface area contributed by atoms with E-state index >= 15 is 0 Å². The van der Waals surface area contributed by atoms with Crippen LogP contribution in [0.4, 0.5) is 0 Å². The summed E-state index contributed by atoms with van der Waals surface area (Å²) >= 11 is 7.33. The minimum atomic E-state index is -0.495. The van der Waals surface area contributed by atoms with E-state index in [9.17, 15) is 4.79 Å². The molecule has 0 aromatic heterocycles. The van der Waals surface area contributed by atoms with Gasteiger partial charge in [-0.1, -0.05) is 0 Å². The quantitative estimate of drug-likeness (QED) is 0.591. The van der Waals surface area contributed by atoms with Crippen molar-refractivity contribution >= 4 is 39.4 Å². The lowest BCUT2D eigenvalue weighted by atomic mass is 10.1. The molecule has 66 valence electrons. The van der Waals surface area contributed by atoms with Gasteiger partial charge in [0.15, 0.2) is 0 Å². The molecule has 0 N–H and O–H groups in total. The Bertz CT molecular complexity index is 386. The van der Waals surface area contributed by atoms with Gasteiger partial charge >= 0.3 is 0 Å². The van der Waals surface area contributed by atoms with Crippen molar-refractivity contribution in [1.82, 2.24) is 0 Å². The fourth-order valence-electron chi connectivity index (χ4n) is 0.999. The van der Waals surface area contributed by atoms with Crippen molar-refractivity contribution in [3.05, 3.63) is 32.4 Å². The second-order valence-corrected chi connectivity index (χ2v) is 4.04. The molecule has 0 aliphatic rings. The molecule has 4 heteroatoms. The molecule has 0 saturated carbocycles. The van der Waals surface area contributed by atoms with Crippen LogP contribution in [0.15, 0.2) is 12.1 Å². The van der Waals surface area contributed by atoms with Gasteiger partial charge in [0.05, 0.1) is 5.56 Å². The van der Waals surface area contributed by atoms with Crippen molar-refractivity contribution in [3.63, 3.8) is 0 Å². The van der Waals surface area contributed by atoms with Crippen LogP contribution in [-0.4, -0.2) is 5.24 Å². The zero-order valence-electron chi connectivity index (χ0n) is 6.77. The minimum Gasteiger partial charge on any atom is -0.276 e. The third-order valence-corrected chi connectivity index (χ3v) is 2.70. The SMILES string of the molecule is Cc1cc(C(=O)Cl)cc(I)c1C#N. The summed E-state index contributed by atoms with van der Waals surface area (Å²) in [6.45, 7) is 1.78. The van der Waals surface area contributed by atoms with Crippen molar-refractivity contribution < 1.29 is 4.79 Å². The maximum atomic E-state index is 10.8. The smallest absolute Gasteiger partial charge is 0.252 e. The van der Waals surface area contributed by atoms with Crippen LogP contribution in [0.5, 0.6) is 0 Å². The van der Waals surface area contributed by atoms with Crippen molar-refractivity contribution in [2.75, 3.05) is 0 Å². The molecule has 1 rings (SSSR count). The molecular weight excluding hydrogens is 300 g/mol. The Kier molecular flexibility index (Phi) is 3.28. The maximum absolute atomic E-state index is 10.8. The lowest BCUT2D eigenvalue weighted by Gasteiger charge is -2.02. The van der Waals surface area contributed by atoms with Gasteiger partial charge in [0.25, 0.3) is 5.24 Å². The summed E-state index contributed by atoms with van der Waals surface area (Å²) < 4.78 is 0.754.